The molecule has 0 aliphatic carbocycles. The summed E-state index contributed by atoms with van der Waals surface area (Å²) in [6.07, 6.45) is 0.967. The molecule has 98 valence electrons. The molecule has 0 radical (unpaired) electrons. The van der Waals surface area contributed by atoms with Crippen molar-refractivity contribution in [1.29, 1.82) is 0 Å². The van der Waals surface area contributed by atoms with Crippen molar-refractivity contribution >= 4 is 48.8 Å². The molecule has 2 heterocycles. The largest absolute Gasteiger partial charge is 0.311 e. The quantitative estimate of drug-likeness (QED) is 0.740. The Bertz CT molecular complexity index is 656. The number of thiophene rings is 1. The third-order valence-corrected chi connectivity index (χ3v) is 6.14. The number of halogens is 1. The van der Waals surface area contributed by atoms with Crippen LogP contribution in [0.2, 0.25) is 0 Å². The molecule has 0 spiro atoms. The maximum atomic E-state index is 4.74. The van der Waals surface area contributed by atoms with Crippen molar-refractivity contribution in [2.75, 3.05) is 7.05 Å². The summed E-state index contributed by atoms with van der Waals surface area (Å²) in [5.41, 5.74) is 1.09. The van der Waals surface area contributed by atoms with Crippen molar-refractivity contribution < 1.29 is 0 Å². The number of fused-ring (bicyclic) bond motifs is 1. The van der Waals surface area contributed by atoms with Crippen LogP contribution in [0.1, 0.15) is 15.9 Å². The molecule has 3 rings (SSSR count). The van der Waals surface area contributed by atoms with Crippen molar-refractivity contribution in [1.82, 2.24) is 10.3 Å². The lowest BCUT2D eigenvalue weighted by atomic mass is 10.2. The van der Waals surface area contributed by atoms with E-state index in [0.29, 0.717) is 0 Å². The highest BCUT2D eigenvalue weighted by atomic mass is 79.9. The van der Waals surface area contributed by atoms with Crippen molar-refractivity contribution in [2.45, 2.75) is 12.5 Å². The molecule has 0 fully saturated rings. The Hall–Kier alpha value is -0.750. The number of nitrogens with one attached hydrogen (secondary N) is 1. The molecule has 0 saturated carbocycles. The van der Waals surface area contributed by atoms with Crippen LogP contribution in [0.15, 0.2) is 40.2 Å². The second-order valence-corrected chi connectivity index (χ2v) is 7.17. The van der Waals surface area contributed by atoms with Gasteiger partial charge in [-0.1, -0.05) is 12.1 Å². The number of thiazole rings is 1. The third-order valence-electron chi connectivity index (χ3n) is 3.04. The smallest absolute Gasteiger partial charge is 0.111 e. The second kappa shape index (κ2) is 5.71. The van der Waals surface area contributed by atoms with Gasteiger partial charge in [-0.2, -0.15) is 0 Å². The molecule has 0 amide bonds. The highest BCUT2D eigenvalue weighted by Gasteiger charge is 2.17. The van der Waals surface area contributed by atoms with Crippen LogP contribution >= 0.6 is 38.6 Å². The Kier molecular flexibility index (Phi) is 3.98. The van der Waals surface area contributed by atoms with Crippen LogP contribution in [0.4, 0.5) is 0 Å². The van der Waals surface area contributed by atoms with Crippen molar-refractivity contribution in [3.05, 3.63) is 50.1 Å². The number of hydrogen-bond acceptors (Lipinski definition) is 4. The van der Waals surface area contributed by atoms with Gasteiger partial charge in [0, 0.05) is 15.8 Å². The molecule has 1 unspecified atom stereocenters. The van der Waals surface area contributed by atoms with Gasteiger partial charge in [-0.3, -0.25) is 0 Å². The predicted octanol–water partition coefficient (Wildman–Crippen LogP) is 4.62. The van der Waals surface area contributed by atoms with Crippen LogP contribution in [0, 0.1) is 0 Å². The van der Waals surface area contributed by atoms with E-state index in [4.69, 9.17) is 4.98 Å². The van der Waals surface area contributed by atoms with Gasteiger partial charge in [-0.15, -0.1) is 22.7 Å². The number of para-hydroxylation sites is 1. The highest BCUT2D eigenvalue weighted by Crippen LogP contribution is 2.31. The Balaban J connectivity index is 1.91. The number of aromatic nitrogens is 1. The summed E-state index contributed by atoms with van der Waals surface area (Å²) in [5.74, 6) is 0. The summed E-state index contributed by atoms with van der Waals surface area (Å²) in [7, 11) is 2.00. The average molecular weight is 353 g/mol. The molecule has 0 aliphatic heterocycles. The summed E-state index contributed by atoms with van der Waals surface area (Å²) < 4.78 is 2.45. The number of rotatable bonds is 4. The van der Waals surface area contributed by atoms with Crippen LogP contribution in [-0.4, -0.2) is 12.0 Å². The highest BCUT2D eigenvalue weighted by molar-refractivity contribution is 9.10. The van der Waals surface area contributed by atoms with Gasteiger partial charge in [-0.25, -0.2) is 4.98 Å². The average Bonchev–Trinajstić information content (AvgIpc) is 3.02. The van der Waals surface area contributed by atoms with Crippen LogP contribution in [0.25, 0.3) is 10.2 Å². The van der Waals surface area contributed by atoms with Crippen molar-refractivity contribution in [3.63, 3.8) is 0 Å². The molecule has 0 aliphatic rings. The molecule has 0 saturated heterocycles. The zero-order valence-corrected chi connectivity index (χ0v) is 13.6. The van der Waals surface area contributed by atoms with Crippen LogP contribution < -0.4 is 5.32 Å². The molecule has 1 atom stereocenters. The number of nitrogens with zero attached hydrogens (tertiary/aromatic N) is 1. The van der Waals surface area contributed by atoms with E-state index < -0.39 is 0 Å². The predicted molar refractivity (Wildman–Crippen MR) is 87.1 cm³/mol. The molecule has 2 nitrogen and oxygen atoms in total. The summed E-state index contributed by atoms with van der Waals surface area (Å²) >= 11 is 7.15. The fourth-order valence-corrected chi connectivity index (χ4v) is 4.65. The maximum absolute atomic E-state index is 4.74. The van der Waals surface area contributed by atoms with E-state index in [2.05, 4.69) is 50.9 Å². The lowest BCUT2D eigenvalue weighted by Gasteiger charge is -2.12. The maximum Gasteiger partial charge on any atom is 0.111 e. The Labute approximate surface area is 128 Å². The standard InChI is InChI=1S/C14H13BrN2S2/c1-16-11(8-13-9(15)6-7-18-13)14-17-10-4-2-3-5-12(10)19-14/h2-7,11,16H,8H2,1H3. The van der Waals surface area contributed by atoms with E-state index in [-0.39, 0.29) is 6.04 Å². The molecule has 2 aromatic heterocycles. The Morgan fingerprint density at radius 2 is 2.16 bits per heavy atom. The molecule has 19 heavy (non-hydrogen) atoms. The van der Waals surface area contributed by atoms with E-state index in [1.807, 2.05) is 13.1 Å². The Morgan fingerprint density at radius 3 is 2.84 bits per heavy atom. The SMILES string of the molecule is CNC(Cc1sccc1Br)c1nc2ccccc2s1. The monoisotopic (exact) mass is 352 g/mol. The third kappa shape index (κ3) is 2.74. The fourth-order valence-electron chi connectivity index (χ4n) is 2.01. The molecule has 1 aromatic carbocycles. The van der Waals surface area contributed by atoms with Gasteiger partial charge >= 0.3 is 0 Å². The van der Waals surface area contributed by atoms with Crippen LogP contribution in [0.3, 0.4) is 0 Å². The zero-order valence-electron chi connectivity index (χ0n) is 10.4. The summed E-state index contributed by atoms with van der Waals surface area (Å²) in [6, 6.07) is 10.7. The van der Waals surface area contributed by atoms with E-state index in [1.165, 1.54) is 14.0 Å². The summed E-state index contributed by atoms with van der Waals surface area (Å²) in [4.78, 5) is 6.10. The minimum Gasteiger partial charge on any atom is -0.311 e. The molecule has 1 N–H and O–H groups in total. The first kappa shape index (κ1) is 13.2. The van der Waals surface area contributed by atoms with Gasteiger partial charge in [0.25, 0.3) is 0 Å². The molecule has 0 bridgehead atoms. The second-order valence-electron chi connectivity index (χ2n) is 4.26. The van der Waals surface area contributed by atoms with Gasteiger partial charge in [-0.05, 0) is 46.6 Å². The lowest BCUT2D eigenvalue weighted by Crippen LogP contribution is -2.18. The van der Waals surface area contributed by atoms with Gasteiger partial charge < -0.3 is 5.32 Å². The van der Waals surface area contributed by atoms with Crippen LogP contribution in [-0.2, 0) is 6.42 Å². The first-order valence-corrected chi connectivity index (χ1v) is 8.51. The van der Waals surface area contributed by atoms with Crippen molar-refractivity contribution in [3.8, 4) is 0 Å². The number of benzene rings is 1. The Morgan fingerprint density at radius 1 is 1.32 bits per heavy atom. The topological polar surface area (TPSA) is 24.9 Å². The van der Waals surface area contributed by atoms with E-state index in [0.717, 1.165) is 16.9 Å². The van der Waals surface area contributed by atoms with Gasteiger partial charge in [0.05, 0.1) is 16.3 Å². The van der Waals surface area contributed by atoms with E-state index >= 15 is 0 Å². The first-order chi connectivity index (χ1) is 9.28. The van der Waals surface area contributed by atoms with E-state index in [1.54, 1.807) is 22.7 Å². The van der Waals surface area contributed by atoms with Gasteiger partial charge in [0.15, 0.2) is 0 Å². The summed E-state index contributed by atoms with van der Waals surface area (Å²) in [5, 5.41) is 6.65. The minimum absolute atomic E-state index is 0.271. The van der Waals surface area contributed by atoms with Crippen molar-refractivity contribution in [2.24, 2.45) is 0 Å². The van der Waals surface area contributed by atoms with Gasteiger partial charge in [0.1, 0.15) is 5.01 Å². The summed E-state index contributed by atoms with van der Waals surface area (Å²) in [6.45, 7) is 0. The zero-order chi connectivity index (χ0) is 13.2. The number of hydrogen-bond donors (Lipinski definition) is 1. The number of likely N-dealkylation sites (N-methyl/N-ethyl adjacent to an activating group) is 1. The fraction of sp³-hybridized carbons (Fsp3) is 0.214. The van der Waals surface area contributed by atoms with E-state index in [9.17, 15) is 0 Å². The lowest BCUT2D eigenvalue weighted by molar-refractivity contribution is 0.593. The van der Waals surface area contributed by atoms with Gasteiger partial charge in [0.2, 0.25) is 0 Å². The molecule has 5 heteroatoms. The minimum atomic E-state index is 0.271. The van der Waals surface area contributed by atoms with Crippen LogP contribution in [0.5, 0.6) is 0 Å². The molecular formula is C14H13BrN2S2. The molecular weight excluding hydrogens is 340 g/mol. The first-order valence-electron chi connectivity index (χ1n) is 6.02. The normalized spacial score (nSPS) is 12.9. The molecule has 3 aromatic rings.